The first-order valence-corrected chi connectivity index (χ1v) is 7.98. The Hall–Kier alpha value is -1.53. The van der Waals surface area contributed by atoms with Gasteiger partial charge in [0.05, 0.1) is 12.1 Å². The molecule has 1 N–H and O–H groups in total. The monoisotopic (exact) mass is 307 g/mol. The summed E-state index contributed by atoms with van der Waals surface area (Å²) >= 11 is 2.75. The zero-order valence-corrected chi connectivity index (χ0v) is 12.4. The van der Waals surface area contributed by atoms with Crippen LogP contribution < -0.4 is 9.61 Å². The molecule has 1 aliphatic rings. The van der Waals surface area contributed by atoms with Crippen molar-refractivity contribution in [3.05, 3.63) is 44.4 Å². The predicted molar refractivity (Wildman–Crippen MR) is 80.1 cm³/mol. The minimum atomic E-state index is -0.104. The lowest BCUT2D eigenvalue weighted by molar-refractivity contribution is -0.110. The summed E-state index contributed by atoms with van der Waals surface area (Å²) in [5, 5.41) is 0.902. The SMILES string of the molecule is COc1ccc(C2c3sc(=O)[nH]c3SCC2C=O)cc1. The van der Waals surface area contributed by atoms with Gasteiger partial charge in [-0.05, 0) is 17.7 Å². The second kappa shape index (κ2) is 5.46. The van der Waals surface area contributed by atoms with Crippen LogP contribution in [0.4, 0.5) is 0 Å². The molecule has 0 amide bonds. The van der Waals surface area contributed by atoms with E-state index in [1.165, 1.54) is 11.3 Å². The lowest BCUT2D eigenvalue weighted by atomic mass is 9.86. The number of methoxy groups -OCH3 is 1. The average Bonchev–Trinajstić information content (AvgIpc) is 2.86. The molecule has 104 valence electrons. The lowest BCUT2D eigenvalue weighted by Crippen LogP contribution is -2.21. The number of aromatic nitrogens is 1. The molecular formula is C14H13NO3S2. The molecule has 4 nitrogen and oxygen atoms in total. The van der Waals surface area contributed by atoms with Gasteiger partial charge < -0.3 is 14.5 Å². The van der Waals surface area contributed by atoms with Crippen molar-refractivity contribution in [2.75, 3.05) is 12.9 Å². The zero-order valence-electron chi connectivity index (χ0n) is 10.8. The summed E-state index contributed by atoms with van der Waals surface area (Å²) in [6.07, 6.45) is 0.995. The van der Waals surface area contributed by atoms with Crippen LogP contribution in [0.2, 0.25) is 0 Å². The number of nitrogens with one attached hydrogen (secondary N) is 1. The third-order valence-electron chi connectivity index (χ3n) is 3.42. The Morgan fingerprint density at radius 1 is 1.35 bits per heavy atom. The van der Waals surface area contributed by atoms with Crippen LogP contribution in [0, 0.1) is 5.92 Å². The number of thiazole rings is 1. The van der Waals surface area contributed by atoms with E-state index in [2.05, 4.69) is 4.98 Å². The van der Waals surface area contributed by atoms with Crippen LogP contribution in [0.15, 0.2) is 34.1 Å². The van der Waals surface area contributed by atoms with Crippen molar-refractivity contribution < 1.29 is 9.53 Å². The molecule has 3 rings (SSSR count). The lowest BCUT2D eigenvalue weighted by Gasteiger charge is -2.27. The van der Waals surface area contributed by atoms with E-state index in [1.54, 1.807) is 18.9 Å². The molecule has 20 heavy (non-hydrogen) atoms. The maximum Gasteiger partial charge on any atom is 0.305 e. The van der Waals surface area contributed by atoms with Gasteiger partial charge >= 0.3 is 4.87 Å². The van der Waals surface area contributed by atoms with Crippen LogP contribution in [0.3, 0.4) is 0 Å². The second-order valence-electron chi connectivity index (χ2n) is 4.57. The quantitative estimate of drug-likeness (QED) is 0.885. The third-order valence-corrected chi connectivity index (χ3v) is 5.68. The van der Waals surface area contributed by atoms with Gasteiger partial charge in [-0.2, -0.15) is 0 Å². The average molecular weight is 307 g/mol. The van der Waals surface area contributed by atoms with Gasteiger partial charge in [-0.3, -0.25) is 4.79 Å². The second-order valence-corrected chi connectivity index (χ2v) is 6.61. The summed E-state index contributed by atoms with van der Waals surface area (Å²) in [4.78, 5) is 26.7. The van der Waals surface area contributed by atoms with Crippen molar-refractivity contribution in [2.24, 2.45) is 5.92 Å². The van der Waals surface area contributed by atoms with Gasteiger partial charge in [-0.15, -0.1) is 11.8 Å². The molecule has 1 aromatic carbocycles. The van der Waals surface area contributed by atoms with Crippen LogP contribution in [0.5, 0.6) is 5.75 Å². The number of aldehydes is 1. The van der Waals surface area contributed by atoms with Gasteiger partial charge in [0.15, 0.2) is 0 Å². The highest BCUT2D eigenvalue weighted by molar-refractivity contribution is 7.99. The fraction of sp³-hybridized carbons (Fsp3) is 0.286. The van der Waals surface area contributed by atoms with Gasteiger partial charge in [0.1, 0.15) is 12.0 Å². The van der Waals surface area contributed by atoms with Crippen molar-refractivity contribution >= 4 is 29.4 Å². The zero-order chi connectivity index (χ0) is 14.1. The highest BCUT2D eigenvalue weighted by Crippen LogP contribution is 2.44. The maximum atomic E-state index is 11.6. The number of rotatable bonds is 3. The van der Waals surface area contributed by atoms with E-state index in [-0.39, 0.29) is 16.7 Å². The van der Waals surface area contributed by atoms with E-state index in [4.69, 9.17) is 4.74 Å². The van der Waals surface area contributed by atoms with E-state index < -0.39 is 0 Å². The summed E-state index contributed by atoms with van der Waals surface area (Å²) in [6, 6.07) is 7.69. The Balaban J connectivity index is 2.07. The Morgan fingerprint density at radius 2 is 2.10 bits per heavy atom. The minimum Gasteiger partial charge on any atom is -0.497 e. The number of benzene rings is 1. The molecule has 0 aliphatic carbocycles. The van der Waals surface area contributed by atoms with Crippen LogP contribution in [-0.4, -0.2) is 24.1 Å². The molecule has 2 aromatic rings. The van der Waals surface area contributed by atoms with E-state index in [0.717, 1.165) is 27.5 Å². The Bertz CT molecular complexity index is 674. The fourth-order valence-electron chi connectivity index (χ4n) is 2.44. The molecular weight excluding hydrogens is 294 g/mol. The first kappa shape index (κ1) is 13.5. The molecule has 0 radical (unpaired) electrons. The summed E-state index contributed by atoms with van der Waals surface area (Å²) in [6.45, 7) is 0. The van der Waals surface area contributed by atoms with E-state index >= 15 is 0 Å². The molecule has 0 saturated carbocycles. The topological polar surface area (TPSA) is 59.2 Å². The summed E-state index contributed by atoms with van der Waals surface area (Å²) < 4.78 is 5.16. The van der Waals surface area contributed by atoms with Crippen LogP contribution >= 0.6 is 23.1 Å². The number of carbonyl (C=O) groups excluding carboxylic acids is 1. The van der Waals surface area contributed by atoms with E-state index in [9.17, 15) is 9.59 Å². The number of aromatic amines is 1. The first-order chi connectivity index (χ1) is 9.72. The van der Waals surface area contributed by atoms with Crippen LogP contribution in [0.25, 0.3) is 0 Å². The van der Waals surface area contributed by atoms with Crippen molar-refractivity contribution in [3.8, 4) is 5.75 Å². The molecule has 1 aromatic heterocycles. The van der Waals surface area contributed by atoms with Gasteiger partial charge in [0, 0.05) is 22.5 Å². The Kier molecular flexibility index (Phi) is 3.67. The van der Waals surface area contributed by atoms with Crippen LogP contribution in [-0.2, 0) is 4.79 Å². The minimum absolute atomic E-state index is 0.0430. The summed E-state index contributed by atoms with van der Waals surface area (Å²) in [7, 11) is 1.62. The molecule has 2 atom stereocenters. The number of ether oxygens (including phenoxy) is 1. The standard InChI is InChI=1S/C14H13NO3S2/c1-18-10-4-2-8(3-5-10)11-9(6-16)7-19-13-12(11)20-14(17)15-13/h2-6,9,11H,7H2,1H3,(H,15,17). The summed E-state index contributed by atoms with van der Waals surface area (Å²) in [5.74, 6) is 1.33. The number of thioether (sulfide) groups is 1. The largest absolute Gasteiger partial charge is 0.497 e. The van der Waals surface area contributed by atoms with Crippen LogP contribution in [0.1, 0.15) is 16.4 Å². The number of hydrogen-bond donors (Lipinski definition) is 1. The van der Waals surface area contributed by atoms with Gasteiger partial charge in [0.2, 0.25) is 0 Å². The predicted octanol–water partition coefficient (Wildman–Crippen LogP) is 2.50. The summed E-state index contributed by atoms with van der Waals surface area (Å²) in [5.41, 5.74) is 1.04. The third kappa shape index (κ3) is 2.29. The van der Waals surface area contributed by atoms with Crippen molar-refractivity contribution in [2.45, 2.75) is 10.9 Å². The van der Waals surface area contributed by atoms with E-state index in [0.29, 0.717) is 5.75 Å². The molecule has 0 fully saturated rings. The molecule has 0 bridgehead atoms. The smallest absolute Gasteiger partial charge is 0.305 e. The molecule has 0 saturated heterocycles. The maximum absolute atomic E-state index is 11.6. The Morgan fingerprint density at radius 3 is 2.75 bits per heavy atom. The van der Waals surface area contributed by atoms with Crippen molar-refractivity contribution in [1.29, 1.82) is 0 Å². The molecule has 0 spiro atoms. The molecule has 6 heteroatoms. The van der Waals surface area contributed by atoms with Crippen molar-refractivity contribution in [3.63, 3.8) is 0 Å². The van der Waals surface area contributed by atoms with Gasteiger partial charge in [0.25, 0.3) is 0 Å². The number of hydrogen-bond acceptors (Lipinski definition) is 5. The van der Waals surface area contributed by atoms with E-state index in [1.807, 2.05) is 24.3 Å². The number of carbonyl (C=O) groups is 1. The van der Waals surface area contributed by atoms with Crippen molar-refractivity contribution in [1.82, 2.24) is 4.98 Å². The highest BCUT2D eigenvalue weighted by Gasteiger charge is 2.33. The number of H-pyrrole nitrogens is 1. The molecule has 1 aliphatic heterocycles. The fourth-order valence-corrected chi connectivity index (χ4v) is 4.80. The van der Waals surface area contributed by atoms with Gasteiger partial charge in [-0.25, -0.2) is 0 Å². The molecule has 2 unspecified atom stereocenters. The highest BCUT2D eigenvalue weighted by atomic mass is 32.2. The molecule has 2 heterocycles. The normalized spacial score (nSPS) is 21.2. The number of fused-ring (bicyclic) bond motifs is 1. The van der Waals surface area contributed by atoms with Gasteiger partial charge in [-0.1, -0.05) is 23.5 Å². The Labute approximate surface area is 124 Å². The first-order valence-electron chi connectivity index (χ1n) is 6.18.